The van der Waals surface area contributed by atoms with Crippen molar-refractivity contribution in [2.75, 3.05) is 11.5 Å². The van der Waals surface area contributed by atoms with E-state index in [1.165, 1.54) is 0 Å². The molecule has 0 radical (unpaired) electrons. The maximum absolute atomic E-state index is 10.00. The Bertz CT molecular complexity index is 275. The summed E-state index contributed by atoms with van der Waals surface area (Å²) in [6.45, 7) is 0. The summed E-state index contributed by atoms with van der Waals surface area (Å²) >= 11 is 0. The van der Waals surface area contributed by atoms with E-state index in [1.54, 1.807) is 0 Å². The minimum absolute atomic E-state index is 0. The summed E-state index contributed by atoms with van der Waals surface area (Å²) in [6, 6.07) is 0. The molecule has 0 atom stereocenters. The molecule has 0 amide bonds. The Morgan fingerprint density at radius 3 is 1.33 bits per heavy atom. The van der Waals surface area contributed by atoms with Gasteiger partial charge in [-0.2, -0.15) is 16.8 Å². The van der Waals surface area contributed by atoms with Crippen molar-refractivity contribution in [1.82, 2.24) is 0 Å². The number of rotatable bonds is 4. The molecular formula is C3H9KO6S2. The molecule has 0 bridgehead atoms. The van der Waals surface area contributed by atoms with Crippen LogP contribution in [0.25, 0.3) is 0 Å². The van der Waals surface area contributed by atoms with Crippen LogP contribution in [0.3, 0.4) is 0 Å². The van der Waals surface area contributed by atoms with E-state index >= 15 is 0 Å². The Hall–Kier alpha value is 1.46. The van der Waals surface area contributed by atoms with Gasteiger partial charge in [-0.1, -0.05) is 0 Å². The molecule has 0 saturated heterocycles. The summed E-state index contributed by atoms with van der Waals surface area (Å²) in [7, 11) is -8.24. The molecule has 0 fully saturated rings. The third-order valence-corrected chi connectivity index (χ3v) is 2.41. The predicted molar refractivity (Wildman–Crippen MR) is 38.6 cm³/mol. The fourth-order valence-electron chi connectivity index (χ4n) is 0.424. The van der Waals surface area contributed by atoms with Crippen LogP contribution in [0.15, 0.2) is 0 Å². The van der Waals surface area contributed by atoms with Gasteiger partial charge in [0, 0.05) is 0 Å². The second-order valence-corrected chi connectivity index (χ2v) is 5.07. The van der Waals surface area contributed by atoms with Crippen LogP contribution in [-0.2, 0) is 20.2 Å². The van der Waals surface area contributed by atoms with Crippen LogP contribution in [0.1, 0.15) is 7.85 Å². The normalized spacial score (nSPS) is 12.2. The van der Waals surface area contributed by atoms with E-state index in [-0.39, 0.29) is 59.2 Å². The maximum Gasteiger partial charge on any atom is 1.00 e. The van der Waals surface area contributed by atoms with Crippen LogP contribution in [0.2, 0.25) is 0 Å². The molecule has 0 aliphatic rings. The molecule has 0 aromatic rings. The van der Waals surface area contributed by atoms with E-state index in [2.05, 4.69) is 0 Å². The van der Waals surface area contributed by atoms with Gasteiger partial charge >= 0.3 is 51.4 Å². The molecule has 0 aromatic carbocycles. The third-order valence-electron chi connectivity index (χ3n) is 0.805. The summed E-state index contributed by atoms with van der Waals surface area (Å²) < 4.78 is 56.2. The van der Waals surface area contributed by atoms with Gasteiger partial charge in [-0.3, -0.25) is 9.11 Å². The standard InChI is InChI=1S/C3H8O6S2.K.H/c4-10(5,6)2-1-3-11(7,8)9;;/h1-3H2,(H,4,5,6)(H,7,8,9);;/q;+1;-1. The van der Waals surface area contributed by atoms with Crippen molar-refractivity contribution in [1.29, 1.82) is 0 Å². The van der Waals surface area contributed by atoms with Crippen molar-refractivity contribution in [2.45, 2.75) is 6.42 Å². The van der Waals surface area contributed by atoms with E-state index in [1.807, 2.05) is 0 Å². The number of hydrogen-bond donors (Lipinski definition) is 2. The molecule has 0 unspecified atom stereocenters. The molecule has 0 rings (SSSR count). The molecule has 0 aliphatic carbocycles. The van der Waals surface area contributed by atoms with Crippen molar-refractivity contribution < 1.29 is 78.8 Å². The van der Waals surface area contributed by atoms with Crippen molar-refractivity contribution >= 4 is 20.2 Å². The van der Waals surface area contributed by atoms with Crippen LogP contribution >= 0.6 is 0 Å². The van der Waals surface area contributed by atoms with Crippen molar-refractivity contribution in [2.24, 2.45) is 0 Å². The van der Waals surface area contributed by atoms with E-state index < -0.39 is 31.7 Å². The van der Waals surface area contributed by atoms with Crippen molar-refractivity contribution in [3.05, 3.63) is 0 Å². The van der Waals surface area contributed by atoms with Crippen LogP contribution in [-0.4, -0.2) is 37.4 Å². The summed E-state index contributed by atoms with van der Waals surface area (Å²) in [4.78, 5) is 0. The maximum atomic E-state index is 10.00. The minimum atomic E-state index is -4.12. The van der Waals surface area contributed by atoms with Crippen molar-refractivity contribution in [3.63, 3.8) is 0 Å². The molecule has 9 heteroatoms. The molecule has 70 valence electrons. The van der Waals surface area contributed by atoms with Gasteiger partial charge in [0.25, 0.3) is 20.2 Å². The second-order valence-electron chi connectivity index (χ2n) is 1.93. The zero-order valence-corrected chi connectivity index (χ0v) is 11.2. The summed E-state index contributed by atoms with van der Waals surface area (Å²) in [6.07, 6.45) is -0.308. The molecule has 2 N–H and O–H groups in total. The molecule has 0 aliphatic heterocycles. The summed E-state index contributed by atoms with van der Waals surface area (Å²) in [5.41, 5.74) is 0. The van der Waals surface area contributed by atoms with Gasteiger partial charge in [0.15, 0.2) is 0 Å². The van der Waals surface area contributed by atoms with Gasteiger partial charge < -0.3 is 1.43 Å². The smallest absolute Gasteiger partial charge is 1.00 e. The molecule has 0 aromatic heterocycles. The Morgan fingerprint density at radius 2 is 1.17 bits per heavy atom. The van der Waals surface area contributed by atoms with Crippen molar-refractivity contribution in [3.8, 4) is 0 Å². The van der Waals surface area contributed by atoms with E-state index in [9.17, 15) is 16.8 Å². The molecule has 12 heavy (non-hydrogen) atoms. The molecule has 6 nitrogen and oxygen atoms in total. The van der Waals surface area contributed by atoms with E-state index in [0.29, 0.717) is 0 Å². The third kappa shape index (κ3) is 14.0. The van der Waals surface area contributed by atoms with Gasteiger partial charge in [0.05, 0.1) is 11.5 Å². The summed E-state index contributed by atoms with van der Waals surface area (Å²) in [5, 5.41) is 0. The Kier molecular flexibility index (Phi) is 8.00. The van der Waals surface area contributed by atoms with E-state index in [0.717, 1.165) is 0 Å². The van der Waals surface area contributed by atoms with Crippen LogP contribution in [0.5, 0.6) is 0 Å². The molecular weight excluding hydrogens is 235 g/mol. The van der Waals surface area contributed by atoms with Gasteiger partial charge in [-0.25, -0.2) is 0 Å². The monoisotopic (exact) mass is 244 g/mol. The van der Waals surface area contributed by atoms with E-state index in [4.69, 9.17) is 9.11 Å². The predicted octanol–water partition coefficient (Wildman–Crippen LogP) is -3.73. The first-order valence-corrected chi connectivity index (χ1v) is 5.83. The topological polar surface area (TPSA) is 109 Å². The van der Waals surface area contributed by atoms with Gasteiger partial charge in [0.2, 0.25) is 0 Å². The van der Waals surface area contributed by atoms with Gasteiger partial charge in [-0.15, -0.1) is 0 Å². The Morgan fingerprint density at radius 1 is 0.917 bits per heavy atom. The molecule has 0 heterocycles. The summed E-state index contributed by atoms with van der Waals surface area (Å²) in [5.74, 6) is -1.32. The first-order chi connectivity index (χ1) is 4.71. The quantitative estimate of drug-likeness (QED) is 0.389. The van der Waals surface area contributed by atoms with Crippen LogP contribution in [0, 0.1) is 0 Å². The average Bonchev–Trinajstić information content (AvgIpc) is 1.55. The first kappa shape index (κ1) is 15.9. The minimum Gasteiger partial charge on any atom is -1.00 e. The van der Waals surface area contributed by atoms with Gasteiger partial charge in [-0.05, 0) is 6.42 Å². The zero-order valence-electron chi connectivity index (χ0n) is 7.47. The SMILES string of the molecule is O=S(=O)(O)CCCS(=O)(=O)O.[H-].[K+]. The molecule has 0 saturated carbocycles. The fourth-order valence-corrected chi connectivity index (χ4v) is 1.62. The zero-order chi connectivity index (χ0) is 9.12. The first-order valence-electron chi connectivity index (χ1n) is 2.61. The van der Waals surface area contributed by atoms with Gasteiger partial charge in [0.1, 0.15) is 0 Å². The number of hydrogen-bond acceptors (Lipinski definition) is 4. The van der Waals surface area contributed by atoms with Crippen LogP contribution in [0.4, 0.5) is 0 Å². The fraction of sp³-hybridized carbons (Fsp3) is 1.00. The molecule has 0 spiro atoms. The average molecular weight is 244 g/mol. The van der Waals surface area contributed by atoms with Crippen LogP contribution < -0.4 is 51.4 Å². The Labute approximate surface area is 115 Å². The second kappa shape index (κ2) is 6.04. The Balaban J connectivity index is -0.000000500. The largest absolute Gasteiger partial charge is 1.00 e.